The van der Waals surface area contributed by atoms with Gasteiger partial charge in [0, 0.05) is 5.56 Å². The molecule has 0 spiro atoms. The molecule has 0 aromatic heterocycles. The summed E-state index contributed by atoms with van der Waals surface area (Å²) in [5.74, 6) is 0.497. The molecule has 2 rings (SSSR count). The van der Waals surface area contributed by atoms with Gasteiger partial charge in [-0.2, -0.15) is 0 Å². The molecule has 3 heteroatoms. The number of halogens is 1. The maximum atomic E-state index is 13.4. The summed E-state index contributed by atoms with van der Waals surface area (Å²) in [6.45, 7) is 0.873. The zero-order valence-electron chi connectivity index (χ0n) is 10.1. The van der Waals surface area contributed by atoms with Crippen molar-refractivity contribution in [3.8, 4) is 5.75 Å². The van der Waals surface area contributed by atoms with E-state index in [-0.39, 0.29) is 12.4 Å². The molecule has 0 saturated heterocycles. The van der Waals surface area contributed by atoms with Gasteiger partial charge in [-0.1, -0.05) is 30.3 Å². The van der Waals surface area contributed by atoms with Crippen LogP contribution >= 0.6 is 0 Å². The fourth-order valence-electron chi connectivity index (χ4n) is 1.70. The summed E-state index contributed by atoms with van der Waals surface area (Å²) >= 11 is 0. The molecule has 0 aliphatic heterocycles. The largest absolute Gasteiger partial charge is 0.489 e. The Morgan fingerprint density at radius 1 is 1.00 bits per heavy atom. The number of benzene rings is 2. The van der Waals surface area contributed by atoms with E-state index in [1.54, 1.807) is 18.2 Å². The van der Waals surface area contributed by atoms with E-state index in [1.165, 1.54) is 11.6 Å². The lowest BCUT2D eigenvalue weighted by atomic mass is 10.1. The molecule has 0 unspecified atom stereocenters. The second-order valence-corrected chi connectivity index (χ2v) is 4.06. The molecule has 0 atom stereocenters. The molecule has 2 aromatic carbocycles. The molecular weight excluding hydrogens is 229 g/mol. The van der Waals surface area contributed by atoms with Crippen molar-refractivity contribution in [2.45, 2.75) is 13.0 Å². The van der Waals surface area contributed by atoms with Crippen molar-refractivity contribution in [3.05, 3.63) is 65.5 Å². The molecule has 2 N–H and O–H groups in total. The molecule has 2 aromatic rings. The van der Waals surface area contributed by atoms with E-state index in [0.717, 1.165) is 12.2 Å². The van der Waals surface area contributed by atoms with Crippen LogP contribution in [0.25, 0.3) is 0 Å². The maximum Gasteiger partial charge on any atom is 0.129 e. The van der Waals surface area contributed by atoms with Crippen LogP contribution in [0.2, 0.25) is 0 Å². The minimum absolute atomic E-state index is 0.239. The number of ether oxygens (including phenoxy) is 1. The van der Waals surface area contributed by atoms with Crippen molar-refractivity contribution in [1.29, 1.82) is 0 Å². The second kappa shape index (κ2) is 6.17. The third kappa shape index (κ3) is 3.31. The molecule has 0 fully saturated rings. The van der Waals surface area contributed by atoms with Gasteiger partial charge in [-0.25, -0.2) is 4.39 Å². The molecule has 94 valence electrons. The van der Waals surface area contributed by atoms with Crippen molar-refractivity contribution in [2.75, 3.05) is 6.54 Å². The predicted octanol–water partition coefficient (Wildman–Crippen LogP) is 2.91. The van der Waals surface area contributed by atoms with Crippen molar-refractivity contribution in [3.63, 3.8) is 0 Å². The molecule has 0 bridgehead atoms. The average molecular weight is 245 g/mol. The Labute approximate surface area is 106 Å². The fraction of sp³-hybridized carbons (Fsp3) is 0.200. The van der Waals surface area contributed by atoms with E-state index >= 15 is 0 Å². The Kier molecular flexibility index (Phi) is 4.31. The van der Waals surface area contributed by atoms with Crippen molar-refractivity contribution < 1.29 is 9.13 Å². The van der Waals surface area contributed by atoms with Crippen LogP contribution in [0.5, 0.6) is 5.75 Å². The van der Waals surface area contributed by atoms with Crippen LogP contribution in [-0.2, 0) is 13.0 Å². The van der Waals surface area contributed by atoms with E-state index in [9.17, 15) is 4.39 Å². The standard InChI is InChI=1S/C15H16FNO/c16-15-4-2-1-3-13(15)11-18-14-7-5-12(6-8-14)9-10-17/h1-8H,9-11,17H2. The molecule has 0 heterocycles. The van der Waals surface area contributed by atoms with Crippen molar-refractivity contribution >= 4 is 0 Å². The van der Waals surface area contributed by atoms with Gasteiger partial charge in [-0.05, 0) is 36.7 Å². The van der Waals surface area contributed by atoms with E-state index in [2.05, 4.69) is 0 Å². The number of hydrogen-bond donors (Lipinski definition) is 1. The molecule has 0 amide bonds. The van der Waals surface area contributed by atoms with Crippen LogP contribution in [0.1, 0.15) is 11.1 Å². The summed E-state index contributed by atoms with van der Waals surface area (Å²) in [6, 6.07) is 14.3. The minimum Gasteiger partial charge on any atom is -0.489 e. The van der Waals surface area contributed by atoms with E-state index in [1.807, 2.05) is 24.3 Å². The highest BCUT2D eigenvalue weighted by atomic mass is 19.1. The fourth-order valence-corrected chi connectivity index (χ4v) is 1.70. The van der Waals surface area contributed by atoms with Crippen molar-refractivity contribution in [1.82, 2.24) is 0 Å². The van der Waals surface area contributed by atoms with Gasteiger partial charge in [0.25, 0.3) is 0 Å². The molecule has 0 aliphatic rings. The molecule has 18 heavy (non-hydrogen) atoms. The van der Waals surface area contributed by atoms with Crippen LogP contribution in [0.3, 0.4) is 0 Å². The summed E-state index contributed by atoms with van der Waals surface area (Å²) in [4.78, 5) is 0. The molecule has 0 radical (unpaired) electrons. The molecule has 0 saturated carbocycles. The van der Waals surface area contributed by atoms with E-state index in [0.29, 0.717) is 12.1 Å². The monoisotopic (exact) mass is 245 g/mol. The van der Waals surface area contributed by atoms with Crippen molar-refractivity contribution in [2.24, 2.45) is 5.73 Å². The van der Waals surface area contributed by atoms with Gasteiger partial charge < -0.3 is 10.5 Å². The average Bonchev–Trinajstić information content (AvgIpc) is 2.40. The zero-order valence-corrected chi connectivity index (χ0v) is 10.1. The van der Waals surface area contributed by atoms with Gasteiger partial charge in [0.1, 0.15) is 18.2 Å². The Morgan fingerprint density at radius 2 is 1.72 bits per heavy atom. The highest BCUT2D eigenvalue weighted by molar-refractivity contribution is 5.28. The lowest BCUT2D eigenvalue weighted by molar-refractivity contribution is 0.300. The summed E-state index contributed by atoms with van der Waals surface area (Å²) in [7, 11) is 0. The highest BCUT2D eigenvalue weighted by Crippen LogP contribution is 2.15. The number of nitrogens with two attached hydrogens (primary N) is 1. The van der Waals surface area contributed by atoms with Gasteiger partial charge in [0.05, 0.1) is 0 Å². The first-order chi connectivity index (χ1) is 8.79. The lowest BCUT2D eigenvalue weighted by Crippen LogP contribution is -2.02. The molecular formula is C15H16FNO. The first kappa shape index (κ1) is 12.6. The minimum atomic E-state index is -0.239. The first-order valence-electron chi connectivity index (χ1n) is 5.95. The van der Waals surface area contributed by atoms with Gasteiger partial charge in [-0.3, -0.25) is 0 Å². The first-order valence-corrected chi connectivity index (χ1v) is 5.95. The van der Waals surface area contributed by atoms with Crippen LogP contribution in [-0.4, -0.2) is 6.54 Å². The van der Waals surface area contributed by atoms with Crippen LogP contribution in [0, 0.1) is 5.82 Å². The molecule has 2 nitrogen and oxygen atoms in total. The summed E-state index contributed by atoms with van der Waals surface area (Å²) < 4.78 is 18.9. The highest BCUT2D eigenvalue weighted by Gasteiger charge is 2.01. The lowest BCUT2D eigenvalue weighted by Gasteiger charge is -2.07. The Morgan fingerprint density at radius 3 is 2.39 bits per heavy atom. The third-order valence-corrected chi connectivity index (χ3v) is 2.71. The van der Waals surface area contributed by atoms with Crippen LogP contribution < -0.4 is 10.5 Å². The van der Waals surface area contributed by atoms with Crippen LogP contribution in [0.15, 0.2) is 48.5 Å². The van der Waals surface area contributed by atoms with E-state index < -0.39 is 0 Å². The Hall–Kier alpha value is -1.87. The predicted molar refractivity (Wildman–Crippen MR) is 69.9 cm³/mol. The van der Waals surface area contributed by atoms with Gasteiger partial charge in [0.2, 0.25) is 0 Å². The SMILES string of the molecule is NCCc1ccc(OCc2ccccc2F)cc1. The second-order valence-electron chi connectivity index (χ2n) is 4.06. The maximum absolute atomic E-state index is 13.4. The van der Waals surface area contributed by atoms with Gasteiger partial charge in [0.15, 0.2) is 0 Å². The summed E-state index contributed by atoms with van der Waals surface area (Å²) in [5.41, 5.74) is 7.21. The number of hydrogen-bond acceptors (Lipinski definition) is 2. The number of rotatable bonds is 5. The quantitative estimate of drug-likeness (QED) is 0.879. The van der Waals surface area contributed by atoms with Gasteiger partial charge >= 0.3 is 0 Å². The smallest absolute Gasteiger partial charge is 0.129 e. The summed E-state index contributed by atoms with van der Waals surface area (Å²) in [6.07, 6.45) is 0.855. The summed E-state index contributed by atoms with van der Waals surface area (Å²) in [5, 5.41) is 0. The topological polar surface area (TPSA) is 35.2 Å². The Bertz CT molecular complexity index is 496. The van der Waals surface area contributed by atoms with E-state index in [4.69, 9.17) is 10.5 Å². The van der Waals surface area contributed by atoms with Gasteiger partial charge in [-0.15, -0.1) is 0 Å². The molecule has 0 aliphatic carbocycles. The normalized spacial score (nSPS) is 10.3. The van der Waals surface area contributed by atoms with Crippen LogP contribution in [0.4, 0.5) is 4.39 Å². The Balaban J connectivity index is 1.96. The third-order valence-electron chi connectivity index (χ3n) is 2.71. The zero-order chi connectivity index (χ0) is 12.8.